The zero-order chi connectivity index (χ0) is 13.1. The van der Waals surface area contributed by atoms with Crippen LogP contribution in [0.15, 0.2) is 0 Å². The molecule has 2 aliphatic heterocycles. The van der Waals surface area contributed by atoms with E-state index in [-0.39, 0.29) is 12.3 Å². The van der Waals surface area contributed by atoms with Crippen LogP contribution in [0.2, 0.25) is 0 Å². The Morgan fingerprint density at radius 2 is 2.28 bits per heavy atom. The van der Waals surface area contributed by atoms with Crippen LogP contribution in [0.1, 0.15) is 19.3 Å². The van der Waals surface area contributed by atoms with Crippen LogP contribution >= 0.6 is 0 Å². The summed E-state index contributed by atoms with van der Waals surface area (Å²) in [6.45, 7) is 3.38. The minimum Gasteiger partial charge on any atom is -0.481 e. The third-order valence-corrected chi connectivity index (χ3v) is 3.81. The molecule has 102 valence electrons. The van der Waals surface area contributed by atoms with Crippen molar-refractivity contribution in [3.63, 3.8) is 0 Å². The minimum atomic E-state index is -0.911. The predicted octanol–water partition coefficient (Wildman–Crippen LogP) is -0.644. The van der Waals surface area contributed by atoms with E-state index in [9.17, 15) is 9.59 Å². The van der Waals surface area contributed by atoms with Crippen LogP contribution < -0.4 is 5.32 Å². The number of amides is 1. The number of likely N-dealkylation sites (tertiary alicyclic amines) is 1. The summed E-state index contributed by atoms with van der Waals surface area (Å²) >= 11 is 0. The Kier molecular flexibility index (Phi) is 4.19. The molecule has 1 amide bonds. The van der Waals surface area contributed by atoms with Crippen LogP contribution in [-0.2, 0) is 9.59 Å². The lowest BCUT2D eigenvalue weighted by molar-refractivity contribution is -0.144. The zero-order valence-electron chi connectivity index (χ0n) is 10.8. The van der Waals surface area contributed by atoms with Crippen molar-refractivity contribution in [3.05, 3.63) is 0 Å². The van der Waals surface area contributed by atoms with Gasteiger partial charge < -0.3 is 15.3 Å². The van der Waals surface area contributed by atoms with Crippen LogP contribution in [0.25, 0.3) is 0 Å². The fraction of sp³-hybridized carbons (Fsp3) is 0.833. The summed E-state index contributed by atoms with van der Waals surface area (Å²) in [5.74, 6) is -1.05. The van der Waals surface area contributed by atoms with Gasteiger partial charge in [0.2, 0.25) is 5.91 Å². The summed E-state index contributed by atoms with van der Waals surface area (Å²) in [4.78, 5) is 27.1. The van der Waals surface area contributed by atoms with Crippen molar-refractivity contribution in [1.29, 1.82) is 0 Å². The summed E-state index contributed by atoms with van der Waals surface area (Å²) in [6.07, 6.45) is 2.05. The molecule has 2 fully saturated rings. The number of aliphatic carboxylic acids is 1. The van der Waals surface area contributed by atoms with Gasteiger partial charge in [-0.05, 0) is 26.4 Å². The molecular formula is C12H21N3O3. The van der Waals surface area contributed by atoms with Gasteiger partial charge in [-0.25, -0.2) is 0 Å². The van der Waals surface area contributed by atoms with Crippen molar-refractivity contribution in [2.75, 3.05) is 33.2 Å². The molecule has 0 spiro atoms. The van der Waals surface area contributed by atoms with Crippen molar-refractivity contribution in [2.45, 2.75) is 31.3 Å². The van der Waals surface area contributed by atoms with Crippen LogP contribution in [0.3, 0.4) is 0 Å². The van der Waals surface area contributed by atoms with Gasteiger partial charge in [-0.3, -0.25) is 14.5 Å². The van der Waals surface area contributed by atoms with E-state index in [2.05, 4.69) is 22.2 Å². The van der Waals surface area contributed by atoms with E-state index in [1.807, 2.05) is 0 Å². The molecule has 6 nitrogen and oxygen atoms in total. The number of hydrogen-bond donors (Lipinski definition) is 2. The summed E-state index contributed by atoms with van der Waals surface area (Å²) in [5, 5.41) is 11.7. The van der Waals surface area contributed by atoms with Gasteiger partial charge in [-0.2, -0.15) is 0 Å². The van der Waals surface area contributed by atoms with Crippen molar-refractivity contribution in [3.8, 4) is 0 Å². The maximum absolute atomic E-state index is 11.8. The highest BCUT2D eigenvalue weighted by molar-refractivity contribution is 5.86. The van der Waals surface area contributed by atoms with Crippen molar-refractivity contribution < 1.29 is 14.7 Å². The largest absolute Gasteiger partial charge is 0.481 e. The Balaban J connectivity index is 2.06. The van der Waals surface area contributed by atoms with E-state index in [0.29, 0.717) is 12.6 Å². The first-order chi connectivity index (χ1) is 8.58. The van der Waals surface area contributed by atoms with Crippen LogP contribution in [-0.4, -0.2) is 72.1 Å². The Morgan fingerprint density at radius 3 is 2.94 bits per heavy atom. The molecule has 18 heavy (non-hydrogen) atoms. The van der Waals surface area contributed by atoms with Crippen molar-refractivity contribution in [1.82, 2.24) is 15.1 Å². The first kappa shape index (κ1) is 13.3. The Morgan fingerprint density at radius 1 is 1.50 bits per heavy atom. The molecule has 0 aromatic carbocycles. The molecule has 6 heteroatoms. The highest BCUT2D eigenvalue weighted by atomic mass is 16.4. The molecule has 2 heterocycles. The number of carboxylic acid groups (broad SMARTS) is 1. The van der Waals surface area contributed by atoms with Gasteiger partial charge in [0.15, 0.2) is 0 Å². The lowest BCUT2D eigenvalue weighted by Crippen LogP contribution is -2.61. The standard InChI is InChI=1S/C12H21N3O3/c1-14-5-2-3-9(8-14)15-6-4-13-12(18)10(15)7-11(16)17/h9-10H,2-8H2,1H3,(H,13,18)(H,16,17). The number of likely N-dealkylation sites (N-methyl/N-ethyl adjacent to an activating group) is 1. The monoisotopic (exact) mass is 255 g/mol. The number of carbonyl (C=O) groups is 2. The summed E-state index contributed by atoms with van der Waals surface area (Å²) in [5.41, 5.74) is 0. The SMILES string of the molecule is CN1CCCC(N2CCNC(=O)C2CC(=O)O)C1. The number of hydrogen-bond acceptors (Lipinski definition) is 4. The second-order valence-electron chi connectivity index (χ2n) is 5.20. The third kappa shape index (κ3) is 3.00. The van der Waals surface area contributed by atoms with E-state index >= 15 is 0 Å². The van der Waals surface area contributed by atoms with Gasteiger partial charge in [-0.1, -0.05) is 0 Å². The summed E-state index contributed by atoms with van der Waals surface area (Å²) in [6, 6.07) is -0.202. The average molecular weight is 255 g/mol. The lowest BCUT2D eigenvalue weighted by atomic mass is 9.99. The van der Waals surface area contributed by atoms with E-state index in [1.165, 1.54) is 0 Å². The van der Waals surface area contributed by atoms with Gasteiger partial charge >= 0.3 is 5.97 Å². The maximum atomic E-state index is 11.8. The molecular weight excluding hydrogens is 234 g/mol. The smallest absolute Gasteiger partial charge is 0.305 e. The molecule has 2 atom stereocenters. The Hall–Kier alpha value is -1.14. The molecule has 0 bridgehead atoms. The highest BCUT2D eigenvalue weighted by Gasteiger charge is 2.36. The average Bonchev–Trinajstić information content (AvgIpc) is 2.31. The Labute approximate surface area is 107 Å². The van der Waals surface area contributed by atoms with Gasteiger partial charge in [0.1, 0.15) is 0 Å². The maximum Gasteiger partial charge on any atom is 0.305 e. The van der Waals surface area contributed by atoms with E-state index in [0.717, 1.165) is 32.5 Å². The van der Waals surface area contributed by atoms with Gasteiger partial charge in [0, 0.05) is 25.7 Å². The lowest BCUT2D eigenvalue weighted by Gasteiger charge is -2.43. The number of nitrogens with zero attached hydrogens (tertiary/aromatic N) is 2. The molecule has 0 aromatic heterocycles. The van der Waals surface area contributed by atoms with Gasteiger partial charge in [0.05, 0.1) is 12.5 Å². The molecule has 2 saturated heterocycles. The number of piperazine rings is 1. The van der Waals surface area contributed by atoms with E-state index in [1.54, 1.807) is 0 Å². The molecule has 2 unspecified atom stereocenters. The topological polar surface area (TPSA) is 72.9 Å². The fourth-order valence-corrected chi connectivity index (χ4v) is 2.95. The van der Waals surface area contributed by atoms with Crippen molar-refractivity contribution >= 4 is 11.9 Å². The van der Waals surface area contributed by atoms with Crippen LogP contribution in [0.5, 0.6) is 0 Å². The van der Waals surface area contributed by atoms with E-state index in [4.69, 9.17) is 5.11 Å². The van der Waals surface area contributed by atoms with E-state index < -0.39 is 12.0 Å². The second-order valence-corrected chi connectivity index (χ2v) is 5.20. The van der Waals surface area contributed by atoms with Crippen LogP contribution in [0, 0.1) is 0 Å². The molecule has 2 rings (SSSR count). The Bertz CT molecular complexity index is 335. The number of rotatable bonds is 3. The zero-order valence-corrected chi connectivity index (χ0v) is 10.8. The highest BCUT2D eigenvalue weighted by Crippen LogP contribution is 2.20. The first-order valence-corrected chi connectivity index (χ1v) is 6.51. The number of carbonyl (C=O) groups excluding carboxylic acids is 1. The van der Waals surface area contributed by atoms with Gasteiger partial charge in [0.25, 0.3) is 0 Å². The predicted molar refractivity (Wildman–Crippen MR) is 66.3 cm³/mol. The third-order valence-electron chi connectivity index (χ3n) is 3.81. The van der Waals surface area contributed by atoms with Crippen LogP contribution in [0.4, 0.5) is 0 Å². The minimum absolute atomic E-state index is 0.105. The molecule has 0 aromatic rings. The number of nitrogens with one attached hydrogen (secondary N) is 1. The molecule has 0 saturated carbocycles. The first-order valence-electron chi connectivity index (χ1n) is 6.51. The normalized spacial score (nSPS) is 31.1. The fourth-order valence-electron chi connectivity index (χ4n) is 2.95. The number of carboxylic acids is 1. The molecule has 0 radical (unpaired) electrons. The summed E-state index contributed by atoms with van der Waals surface area (Å²) in [7, 11) is 2.07. The molecule has 2 aliphatic rings. The van der Waals surface area contributed by atoms with Crippen molar-refractivity contribution in [2.24, 2.45) is 0 Å². The summed E-state index contributed by atoms with van der Waals surface area (Å²) < 4.78 is 0. The molecule has 2 N–H and O–H groups in total. The molecule has 0 aliphatic carbocycles. The van der Waals surface area contributed by atoms with Gasteiger partial charge in [-0.15, -0.1) is 0 Å². The number of piperidine rings is 1. The second kappa shape index (κ2) is 5.67. The quantitative estimate of drug-likeness (QED) is 0.701.